The summed E-state index contributed by atoms with van der Waals surface area (Å²) in [6.07, 6.45) is -6.45. The standard InChI is InChI=1S/C11H14F3NO4/c1-10(2,3)19-9(18)15-5-4-6(8(15)17)7(16)11(12,13)14/h6H,4-5H2,1-3H3. The van der Waals surface area contributed by atoms with Gasteiger partial charge in [0.1, 0.15) is 11.5 Å². The highest BCUT2D eigenvalue weighted by Gasteiger charge is 2.51. The minimum absolute atomic E-state index is 0.250. The molecule has 0 aromatic heterocycles. The Kier molecular flexibility index (Phi) is 3.92. The van der Waals surface area contributed by atoms with Gasteiger partial charge in [-0.1, -0.05) is 0 Å². The summed E-state index contributed by atoms with van der Waals surface area (Å²) in [6, 6.07) is 0. The molecule has 108 valence electrons. The summed E-state index contributed by atoms with van der Waals surface area (Å²) < 4.78 is 41.6. The number of ether oxygens (including phenoxy) is 1. The van der Waals surface area contributed by atoms with Gasteiger partial charge in [0.25, 0.3) is 0 Å². The molecule has 1 saturated heterocycles. The molecule has 19 heavy (non-hydrogen) atoms. The van der Waals surface area contributed by atoms with E-state index in [1.165, 1.54) is 0 Å². The van der Waals surface area contributed by atoms with Gasteiger partial charge in [0, 0.05) is 6.54 Å². The van der Waals surface area contributed by atoms with Gasteiger partial charge in [-0.15, -0.1) is 0 Å². The third-order valence-corrected chi connectivity index (χ3v) is 2.42. The molecule has 1 rings (SSSR count). The molecule has 1 unspecified atom stereocenters. The van der Waals surface area contributed by atoms with Crippen LogP contribution < -0.4 is 0 Å². The molecule has 8 heteroatoms. The number of hydrogen-bond donors (Lipinski definition) is 0. The van der Waals surface area contributed by atoms with Crippen LogP contribution in [0.15, 0.2) is 0 Å². The minimum atomic E-state index is -5.08. The minimum Gasteiger partial charge on any atom is -0.443 e. The predicted molar refractivity (Wildman–Crippen MR) is 57.1 cm³/mol. The van der Waals surface area contributed by atoms with Gasteiger partial charge in [0.05, 0.1) is 0 Å². The number of nitrogens with zero attached hydrogens (tertiary/aromatic N) is 1. The fourth-order valence-electron chi connectivity index (χ4n) is 1.62. The summed E-state index contributed by atoms with van der Waals surface area (Å²) in [6.45, 7) is 4.43. The molecule has 1 aliphatic rings. The van der Waals surface area contributed by atoms with Gasteiger partial charge in [-0.2, -0.15) is 13.2 Å². The first-order valence-corrected chi connectivity index (χ1v) is 5.59. The highest BCUT2D eigenvalue weighted by Crippen LogP contribution is 2.28. The molecule has 0 bridgehead atoms. The number of hydrogen-bond acceptors (Lipinski definition) is 4. The molecule has 0 spiro atoms. The average molecular weight is 281 g/mol. The van der Waals surface area contributed by atoms with E-state index in [0.717, 1.165) is 0 Å². The van der Waals surface area contributed by atoms with E-state index in [1.807, 2.05) is 0 Å². The zero-order chi connectivity index (χ0) is 15.0. The number of ketones is 1. The third kappa shape index (κ3) is 3.68. The van der Waals surface area contributed by atoms with Gasteiger partial charge in [-0.25, -0.2) is 9.69 Å². The second kappa shape index (κ2) is 4.82. The molecule has 1 atom stereocenters. The topological polar surface area (TPSA) is 63.7 Å². The molecular weight excluding hydrogens is 267 g/mol. The lowest BCUT2D eigenvalue weighted by atomic mass is 10.0. The van der Waals surface area contributed by atoms with Gasteiger partial charge >= 0.3 is 12.3 Å². The molecule has 1 aliphatic heterocycles. The van der Waals surface area contributed by atoms with E-state index in [4.69, 9.17) is 4.74 Å². The van der Waals surface area contributed by atoms with Gasteiger partial charge in [0.15, 0.2) is 0 Å². The average Bonchev–Trinajstić information content (AvgIpc) is 2.54. The molecule has 0 saturated carbocycles. The number of Topliss-reactive ketones (excluding diaryl/α,β-unsaturated/α-hetero) is 1. The summed E-state index contributed by atoms with van der Waals surface area (Å²) >= 11 is 0. The largest absolute Gasteiger partial charge is 0.450 e. The summed E-state index contributed by atoms with van der Waals surface area (Å²) in [5.41, 5.74) is -0.872. The fourth-order valence-corrected chi connectivity index (χ4v) is 1.62. The first-order chi connectivity index (χ1) is 8.43. The Hall–Kier alpha value is -1.60. The lowest BCUT2D eigenvalue weighted by molar-refractivity contribution is -0.176. The van der Waals surface area contributed by atoms with Gasteiger partial charge in [0.2, 0.25) is 11.7 Å². The van der Waals surface area contributed by atoms with Gasteiger partial charge < -0.3 is 4.74 Å². The van der Waals surface area contributed by atoms with Crippen molar-refractivity contribution in [3.8, 4) is 0 Å². The van der Waals surface area contributed by atoms with E-state index in [0.29, 0.717) is 4.90 Å². The first-order valence-electron chi connectivity index (χ1n) is 5.59. The maximum absolute atomic E-state index is 12.2. The van der Waals surface area contributed by atoms with Crippen molar-refractivity contribution in [3.05, 3.63) is 0 Å². The molecule has 0 aromatic rings. The van der Waals surface area contributed by atoms with Crippen molar-refractivity contribution in [2.75, 3.05) is 6.54 Å². The van der Waals surface area contributed by atoms with Crippen molar-refractivity contribution in [1.82, 2.24) is 4.90 Å². The number of rotatable bonds is 1. The molecular formula is C11H14F3NO4. The van der Waals surface area contributed by atoms with Crippen LogP contribution >= 0.6 is 0 Å². The van der Waals surface area contributed by atoms with Crippen LogP contribution in [0.5, 0.6) is 0 Å². The second-order valence-electron chi connectivity index (χ2n) is 5.17. The number of carbonyl (C=O) groups is 3. The summed E-state index contributed by atoms with van der Waals surface area (Å²) in [7, 11) is 0. The highest BCUT2D eigenvalue weighted by atomic mass is 19.4. The second-order valence-corrected chi connectivity index (χ2v) is 5.17. The van der Waals surface area contributed by atoms with Crippen molar-refractivity contribution in [2.24, 2.45) is 5.92 Å². The van der Waals surface area contributed by atoms with Crippen LogP contribution in [0.2, 0.25) is 0 Å². The van der Waals surface area contributed by atoms with Gasteiger partial charge in [-0.05, 0) is 27.2 Å². The number of likely N-dealkylation sites (tertiary alicyclic amines) is 1. The molecule has 5 nitrogen and oxygen atoms in total. The van der Waals surface area contributed by atoms with E-state index in [-0.39, 0.29) is 13.0 Å². The lowest BCUT2D eigenvalue weighted by Crippen LogP contribution is -2.41. The molecule has 1 heterocycles. The Bertz CT molecular complexity index is 411. The number of amides is 2. The summed E-state index contributed by atoms with van der Waals surface area (Å²) in [5, 5.41) is 0. The zero-order valence-corrected chi connectivity index (χ0v) is 10.7. The monoisotopic (exact) mass is 281 g/mol. The Morgan fingerprint density at radius 1 is 1.26 bits per heavy atom. The number of carbonyl (C=O) groups excluding carboxylic acids is 3. The number of alkyl halides is 3. The Labute approximate surface area is 107 Å². The van der Waals surface area contributed by atoms with Crippen LogP contribution in [0.25, 0.3) is 0 Å². The maximum Gasteiger partial charge on any atom is 0.450 e. The normalized spacial score (nSPS) is 20.6. The number of halogens is 3. The van der Waals surface area contributed by atoms with Crippen molar-refractivity contribution in [1.29, 1.82) is 0 Å². The molecule has 0 N–H and O–H groups in total. The number of imide groups is 1. The van der Waals surface area contributed by atoms with E-state index in [2.05, 4.69) is 0 Å². The quantitative estimate of drug-likeness (QED) is 0.689. The Morgan fingerprint density at radius 3 is 2.21 bits per heavy atom. The van der Waals surface area contributed by atoms with Crippen LogP contribution in [0, 0.1) is 5.92 Å². The van der Waals surface area contributed by atoms with Crippen LogP contribution in [0.4, 0.5) is 18.0 Å². The van der Waals surface area contributed by atoms with Crippen LogP contribution in [-0.4, -0.2) is 41.0 Å². The smallest absolute Gasteiger partial charge is 0.443 e. The summed E-state index contributed by atoms with van der Waals surface area (Å²) in [4.78, 5) is 34.8. The van der Waals surface area contributed by atoms with Crippen LogP contribution in [-0.2, 0) is 14.3 Å². The highest BCUT2D eigenvalue weighted by molar-refractivity contribution is 6.09. The van der Waals surface area contributed by atoms with Crippen molar-refractivity contribution >= 4 is 17.8 Å². The van der Waals surface area contributed by atoms with E-state index < -0.39 is 35.5 Å². The van der Waals surface area contributed by atoms with Crippen molar-refractivity contribution in [3.63, 3.8) is 0 Å². The lowest BCUT2D eigenvalue weighted by Gasteiger charge is -2.23. The maximum atomic E-state index is 12.2. The predicted octanol–water partition coefficient (Wildman–Crippen LogP) is 1.90. The molecule has 2 amide bonds. The Morgan fingerprint density at radius 2 is 1.79 bits per heavy atom. The summed E-state index contributed by atoms with van der Waals surface area (Å²) in [5.74, 6) is -5.12. The van der Waals surface area contributed by atoms with Gasteiger partial charge in [-0.3, -0.25) is 9.59 Å². The molecule has 1 fully saturated rings. The van der Waals surface area contributed by atoms with Crippen LogP contribution in [0.3, 0.4) is 0 Å². The van der Waals surface area contributed by atoms with Crippen molar-refractivity contribution < 1.29 is 32.3 Å². The van der Waals surface area contributed by atoms with E-state index >= 15 is 0 Å². The SMILES string of the molecule is CC(C)(C)OC(=O)N1CCC(C(=O)C(F)(F)F)C1=O. The molecule has 0 aliphatic carbocycles. The fraction of sp³-hybridized carbons (Fsp3) is 0.727. The molecule has 0 radical (unpaired) electrons. The third-order valence-electron chi connectivity index (χ3n) is 2.42. The van der Waals surface area contributed by atoms with Crippen molar-refractivity contribution in [2.45, 2.75) is 39.0 Å². The first kappa shape index (κ1) is 15.5. The Balaban J connectivity index is 2.77. The zero-order valence-electron chi connectivity index (χ0n) is 10.7. The van der Waals surface area contributed by atoms with Crippen LogP contribution in [0.1, 0.15) is 27.2 Å². The van der Waals surface area contributed by atoms with E-state index in [1.54, 1.807) is 20.8 Å². The molecule has 0 aromatic carbocycles. The van der Waals surface area contributed by atoms with E-state index in [9.17, 15) is 27.6 Å².